The van der Waals surface area contributed by atoms with Gasteiger partial charge in [-0.1, -0.05) is 23.2 Å². The molecule has 0 bridgehead atoms. The van der Waals surface area contributed by atoms with Gasteiger partial charge in [-0.15, -0.1) is 0 Å². The number of amides is 1. The van der Waals surface area contributed by atoms with Crippen LogP contribution in [0, 0.1) is 6.92 Å². The van der Waals surface area contributed by atoms with E-state index in [4.69, 9.17) is 28.3 Å². The number of piperazine rings is 1. The number of carboxylic acid groups (broad SMARTS) is 1. The minimum Gasteiger partial charge on any atom is -0.465 e. The van der Waals surface area contributed by atoms with E-state index in [1.807, 2.05) is 31.2 Å². The van der Waals surface area contributed by atoms with Crippen LogP contribution in [0.3, 0.4) is 0 Å². The summed E-state index contributed by atoms with van der Waals surface area (Å²) in [6.45, 7) is 4.68. The van der Waals surface area contributed by atoms with E-state index in [0.29, 0.717) is 42.8 Å². The summed E-state index contributed by atoms with van der Waals surface area (Å²) >= 11 is 12.6. The predicted octanol–water partition coefficient (Wildman–Crippen LogP) is 4.96. The van der Waals surface area contributed by atoms with Gasteiger partial charge >= 0.3 is 6.09 Å². The molecule has 1 aromatic carbocycles. The number of pyridine rings is 2. The summed E-state index contributed by atoms with van der Waals surface area (Å²) in [5.74, 6) is 1.69. The van der Waals surface area contributed by atoms with Gasteiger partial charge in [-0.2, -0.15) is 0 Å². The lowest BCUT2D eigenvalue weighted by molar-refractivity contribution is 0.142. The van der Waals surface area contributed by atoms with Gasteiger partial charge in [0.15, 0.2) is 0 Å². The molecule has 1 fully saturated rings. The third-order valence-electron chi connectivity index (χ3n) is 6.08. The first-order valence-corrected chi connectivity index (χ1v) is 11.6. The zero-order chi connectivity index (χ0) is 23.8. The van der Waals surface area contributed by atoms with Crippen LogP contribution in [0.4, 0.5) is 10.6 Å². The van der Waals surface area contributed by atoms with Gasteiger partial charge in [-0.3, -0.25) is 4.98 Å². The second-order valence-corrected chi connectivity index (χ2v) is 9.04. The Morgan fingerprint density at radius 3 is 2.53 bits per heavy atom. The van der Waals surface area contributed by atoms with Crippen molar-refractivity contribution in [2.24, 2.45) is 0 Å². The van der Waals surface area contributed by atoms with E-state index in [1.54, 1.807) is 24.5 Å². The molecule has 4 heterocycles. The Kier molecular flexibility index (Phi) is 6.02. The first-order valence-electron chi connectivity index (χ1n) is 10.8. The Morgan fingerprint density at radius 1 is 1.03 bits per heavy atom. The first kappa shape index (κ1) is 22.4. The van der Waals surface area contributed by atoms with Crippen LogP contribution in [0.2, 0.25) is 10.0 Å². The van der Waals surface area contributed by atoms with Crippen LogP contribution in [0.1, 0.15) is 11.4 Å². The van der Waals surface area contributed by atoms with Gasteiger partial charge in [0.1, 0.15) is 17.2 Å². The lowest BCUT2D eigenvalue weighted by Crippen LogP contribution is -2.48. The van der Waals surface area contributed by atoms with E-state index in [0.717, 1.165) is 39.5 Å². The zero-order valence-electron chi connectivity index (χ0n) is 18.4. The topological polar surface area (TPSA) is 87.4 Å². The Morgan fingerprint density at radius 2 is 1.82 bits per heavy atom. The molecule has 1 aliphatic rings. The first-order chi connectivity index (χ1) is 16.4. The molecule has 4 aromatic rings. The van der Waals surface area contributed by atoms with E-state index in [-0.39, 0.29) is 0 Å². The number of halogens is 2. The van der Waals surface area contributed by atoms with Crippen LogP contribution in [-0.2, 0) is 6.54 Å². The summed E-state index contributed by atoms with van der Waals surface area (Å²) in [5, 5.41) is 10.4. The molecule has 1 N–H and O–H groups in total. The van der Waals surface area contributed by atoms with E-state index in [2.05, 4.69) is 24.4 Å². The van der Waals surface area contributed by atoms with Crippen molar-refractivity contribution in [2.75, 3.05) is 31.1 Å². The van der Waals surface area contributed by atoms with Crippen LogP contribution in [0.5, 0.6) is 0 Å². The lowest BCUT2D eigenvalue weighted by atomic mass is 10.1. The summed E-state index contributed by atoms with van der Waals surface area (Å²) in [4.78, 5) is 28.5. The summed E-state index contributed by atoms with van der Waals surface area (Å²) < 4.78 is 2.10. The van der Waals surface area contributed by atoms with E-state index in [1.165, 1.54) is 4.90 Å². The number of nitrogens with zero attached hydrogens (tertiary/aromatic N) is 6. The Hall–Kier alpha value is -3.36. The lowest BCUT2D eigenvalue weighted by Gasteiger charge is -2.33. The summed E-state index contributed by atoms with van der Waals surface area (Å²) in [6.07, 6.45) is 2.69. The molecule has 0 radical (unpaired) electrons. The van der Waals surface area contributed by atoms with Crippen molar-refractivity contribution < 1.29 is 9.90 Å². The van der Waals surface area contributed by atoms with Crippen LogP contribution in [0.15, 0.2) is 48.8 Å². The zero-order valence-corrected chi connectivity index (χ0v) is 20.0. The highest BCUT2D eigenvalue weighted by atomic mass is 35.5. The van der Waals surface area contributed by atoms with Crippen molar-refractivity contribution in [3.05, 3.63) is 70.2 Å². The molecule has 0 aliphatic carbocycles. The van der Waals surface area contributed by atoms with Gasteiger partial charge in [0.25, 0.3) is 0 Å². The molecule has 1 saturated heterocycles. The maximum atomic E-state index is 11.1. The van der Waals surface area contributed by atoms with Crippen molar-refractivity contribution in [1.29, 1.82) is 0 Å². The average molecular weight is 497 g/mol. The fourth-order valence-electron chi connectivity index (χ4n) is 4.19. The predicted molar refractivity (Wildman–Crippen MR) is 133 cm³/mol. The van der Waals surface area contributed by atoms with E-state index in [9.17, 15) is 4.79 Å². The van der Waals surface area contributed by atoms with Crippen LogP contribution in [-0.4, -0.2) is 61.8 Å². The molecule has 8 nitrogen and oxygen atoms in total. The molecule has 10 heteroatoms. The molecule has 174 valence electrons. The van der Waals surface area contributed by atoms with Gasteiger partial charge in [0.2, 0.25) is 0 Å². The maximum absolute atomic E-state index is 11.1. The molecule has 0 saturated carbocycles. The molecule has 1 amide bonds. The standard InChI is InChI=1S/C24H22Cl2N6O2/c1-15-29-21-13-27-20(11-22(21)32(15)14-17-10-18(25)3-4-19(17)26)16-2-5-23(28-12-16)30-6-8-31(9-7-30)24(33)34/h2-5,10-13H,6-9,14H2,1H3,(H,33,34). The van der Waals surface area contributed by atoms with Crippen molar-refractivity contribution in [1.82, 2.24) is 24.4 Å². The normalized spacial score (nSPS) is 14.1. The third kappa shape index (κ3) is 4.38. The average Bonchev–Trinajstić information content (AvgIpc) is 3.15. The molecule has 1 aliphatic heterocycles. The van der Waals surface area contributed by atoms with Gasteiger partial charge in [-0.25, -0.2) is 14.8 Å². The van der Waals surface area contributed by atoms with E-state index < -0.39 is 6.09 Å². The number of hydrogen-bond acceptors (Lipinski definition) is 5. The highest BCUT2D eigenvalue weighted by Crippen LogP contribution is 2.27. The second kappa shape index (κ2) is 9.12. The van der Waals surface area contributed by atoms with E-state index >= 15 is 0 Å². The minimum atomic E-state index is -0.878. The van der Waals surface area contributed by atoms with Gasteiger partial charge < -0.3 is 19.5 Å². The summed E-state index contributed by atoms with van der Waals surface area (Å²) in [5.41, 5.74) is 4.36. The van der Waals surface area contributed by atoms with Crippen molar-refractivity contribution in [3.63, 3.8) is 0 Å². The second-order valence-electron chi connectivity index (χ2n) is 8.20. The van der Waals surface area contributed by atoms with Crippen LogP contribution < -0.4 is 4.90 Å². The smallest absolute Gasteiger partial charge is 0.407 e. The molecule has 0 spiro atoms. The number of fused-ring (bicyclic) bond motifs is 1. The van der Waals surface area contributed by atoms with Crippen LogP contribution >= 0.6 is 23.2 Å². The Bertz CT molecular complexity index is 1360. The molecule has 3 aromatic heterocycles. The molecule has 5 rings (SSSR count). The molecule has 0 unspecified atom stereocenters. The Labute approximate surface area is 206 Å². The van der Waals surface area contributed by atoms with Crippen molar-refractivity contribution in [3.8, 4) is 11.3 Å². The number of benzene rings is 1. The summed E-state index contributed by atoms with van der Waals surface area (Å²) in [7, 11) is 0. The quantitative estimate of drug-likeness (QED) is 0.429. The number of imidazole rings is 1. The molecule has 34 heavy (non-hydrogen) atoms. The number of anilines is 1. The maximum Gasteiger partial charge on any atom is 0.407 e. The number of rotatable bonds is 4. The minimum absolute atomic E-state index is 0.469. The van der Waals surface area contributed by atoms with Crippen molar-refractivity contribution >= 4 is 46.1 Å². The largest absolute Gasteiger partial charge is 0.465 e. The highest BCUT2D eigenvalue weighted by molar-refractivity contribution is 6.33. The highest BCUT2D eigenvalue weighted by Gasteiger charge is 2.21. The molecular formula is C24H22Cl2N6O2. The van der Waals surface area contributed by atoms with Gasteiger partial charge in [-0.05, 0) is 48.9 Å². The molecular weight excluding hydrogens is 475 g/mol. The third-order valence-corrected chi connectivity index (χ3v) is 6.68. The molecule has 0 atom stereocenters. The number of aromatic nitrogens is 4. The Balaban J connectivity index is 1.41. The van der Waals surface area contributed by atoms with Gasteiger partial charge in [0.05, 0.1) is 24.0 Å². The number of carbonyl (C=O) groups is 1. The SMILES string of the molecule is Cc1nc2cnc(-c3ccc(N4CCN(C(=O)O)CC4)nc3)cc2n1Cc1cc(Cl)ccc1Cl. The fourth-order valence-corrected chi connectivity index (χ4v) is 4.56. The number of aryl methyl sites for hydroxylation is 1. The summed E-state index contributed by atoms with van der Waals surface area (Å²) in [6, 6.07) is 11.4. The van der Waals surface area contributed by atoms with Crippen LogP contribution in [0.25, 0.3) is 22.3 Å². The number of hydrogen-bond donors (Lipinski definition) is 1. The van der Waals surface area contributed by atoms with Gasteiger partial charge in [0, 0.05) is 48.0 Å². The van der Waals surface area contributed by atoms with Crippen molar-refractivity contribution in [2.45, 2.75) is 13.5 Å². The monoisotopic (exact) mass is 496 g/mol. The fraction of sp³-hybridized carbons (Fsp3) is 0.250.